The molecule has 1 saturated heterocycles. The summed E-state index contributed by atoms with van der Waals surface area (Å²) in [5.41, 5.74) is 0.782. The first-order valence-electron chi connectivity index (χ1n) is 8.33. The van der Waals surface area contributed by atoms with E-state index in [-0.39, 0.29) is 30.2 Å². The first-order chi connectivity index (χ1) is 11.7. The fourth-order valence-electron chi connectivity index (χ4n) is 3.25. The third-order valence-corrected chi connectivity index (χ3v) is 4.23. The Hall–Kier alpha value is -2.58. The molecule has 0 spiro atoms. The molecular formula is C16H23N6O3+. The van der Waals surface area contributed by atoms with Gasteiger partial charge in [-0.1, -0.05) is 18.8 Å². The normalized spacial score (nSPS) is 23.1. The SMILES string of the molecule is CC(=O)CN1N=C(C)C[N+]2=C1N=C1C2C(=O)N(CC(C)C)C(=O)N1C. The number of imide groups is 1. The number of Topliss-reactive ketones (excluding diaryl/α,β-unsaturated/α-hetero) is 1. The second-order valence-electron chi connectivity index (χ2n) is 7.08. The van der Waals surface area contributed by atoms with Crippen LogP contribution in [-0.2, 0) is 9.59 Å². The Balaban J connectivity index is 2.01. The van der Waals surface area contributed by atoms with Gasteiger partial charge in [0.2, 0.25) is 11.9 Å². The molecule has 1 fully saturated rings. The van der Waals surface area contributed by atoms with Crippen LogP contribution < -0.4 is 0 Å². The molecule has 3 amide bonds. The standard InChI is InChI=1S/C16H23N6O3/c1-9(2)6-21-14(24)12-13(19(5)16(21)25)17-15-20(12)7-10(3)18-22(15)8-11(4)23/h9,12H,6-8H2,1-5H3/q+1. The summed E-state index contributed by atoms with van der Waals surface area (Å²) in [6.07, 6.45) is 0. The van der Waals surface area contributed by atoms with Gasteiger partial charge in [0.15, 0.2) is 12.3 Å². The molecule has 3 rings (SSSR count). The summed E-state index contributed by atoms with van der Waals surface area (Å²) in [6.45, 7) is 8.12. The van der Waals surface area contributed by atoms with Crippen molar-refractivity contribution in [3.05, 3.63) is 0 Å². The Kier molecular flexibility index (Phi) is 4.18. The van der Waals surface area contributed by atoms with Crippen molar-refractivity contribution in [2.24, 2.45) is 16.0 Å². The Labute approximate surface area is 146 Å². The van der Waals surface area contributed by atoms with Gasteiger partial charge in [-0.2, -0.15) is 0 Å². The van der Waals surface area contributed by atoms with Crippen LogP contribution in [0.3, 0.4) is 0 Å². The summed E-state index contributed by atoms with van der Waals surface area (Å²) >= 11 is 0. The number of likely N-dealkylation sites (N-methyl/N-ethyl adjacent to an activating group) is 1. The lowest BCUT2D eigenvalue weighted by molar-refractivity contribution is -0.527. The maximum Gasteiger partial charge on any atom is 0.417 e. The summed E-state index contributed by atoms with van der Waals surface area (Å²) < 4.78 is 1.82. The topological polar surface area (TPSA) is 88.7 Å². The van der Waals surface area contributed by atoms with Crippen LogP contribution in [0, 0.1) is 5.92 Å². The highest BCUT2D eigenvalue weighted by Crippen LogP contribution is 2.23. The quantitative estimate of drug-likeness (QED) is 0.668. The van der Waals surface area contributed by atoms with Gasteiger partial charge < -0.3 is 0 Å². The van der Waals surface area contributed by atoms with Crippen molar-refractivity contribution >= 4 is 35.2 Å². The number of carbonyl (C=O) groups is 3. The number of amidine groups is 1. The maximum atomic E-state index is 13.0. The minimum Gasteiger partial charge on any atom is -0.296 e. The largest absolute Gasteiger partial charge is 0.417 e. The molecule has 1 unspecified atom stereocenters. The minimum atomic E-state index is -0.656. The van der Waals surface area contributed by atoms with Crippen LogP contribution in [-0.4, -0.2) is 87.3 Å². The van der Waals surface area contributed by atoms with Gasteiger partial charge >= 0.3 is 12.0 Å². The van der Waals surface area contributed by atoms with Gasteiger partial charge in [-0.15, -0.1) is 10.1 Å². The number of rotatable bonds is 4. The lowest BCUT2D eigenvalue weighted by Gasteiger charge is -2.35. The Morgan fingerprint density at radius 3 is 2.64 bits per heavy atom. The predicted octanol–water partition coefficient (Wildman–Crippen LogP) is -0.0339. The molecular weight excluding hydrogens is 324 g/mol. The van der Waals surface area contributed by atoms with E-state index in [4.69, 9.17) is 0 Å². The van der Waals surface area contributed by atoms with Crippen LogP contribution >= 0.6 is 0 Å². The number of urea groups is 1. The summed E-state index contributed by atoms with van der Waals surface area (Å²) in [4.78, 5) is 44.3. The van der Waals surface area contributed by atoms with Gasteiger partial charge in [0.1, 0.15) is 6.54 Å². The van der Waals surface area contributed by atoms with Crippen molar-refractivity contribution in [1.29, 1.82) is 0 Å². The average molecular weight is 347 g/mol. The van der Waals surface area contributed by atoms with E-state index in [1.807, 2.05) is 25.3 Å². The smallest absolute Gasteiger partial charge is 0.296 e. The monoisotopic (exact) mass is 347 g/mol. The highest BCUT2D eigenvalue weighted by atomic mass is 16.2. The van der Waals surface area contributed by atoms with E-state index in [2.05, 4.69) is 10.1 Å². The first kappa shape index (κ1) is 17.2. The third kappa shape index (κ3) is 2.83. The Bertz CT molecular complexity index is 751. The van der Waals surface area contributed by atoms with Crippen LogP contribution in [0.25, 0.3) is 0 Å². The van der Waals surface area contributed by atoms with Gasteiger partial charge in [0.05, 0.1) is 5.71 Å². The van der Waals surface area contributed by atoms with Crippen LogP contribution in [0.2, 0.25) is 0 Å². The van der Waals surface area contributed by atoms with Crippen molar-refractivity contribution < 1.29 is 19.0 Å². The molecule has 0 N–H and O–H groups in total. The van der Waals surface area contributed by atoms with E-state index in [1.54, 1.807) is 7.05 Å². The Morgan fingerprint density at radius 1 is 1.36 bits per heavy atom. The molecule has 0 aromatic carbocycles. The molecule has 0 radical (unpaired) electrons. The minimum absolute atomic E-state index is 0.0573. The highest BCUT2D eigenvalue weighted by molar-refractivity contribution is 6.23. The van der Waals surface area contributed by atoms with Crippen molar-refractivity contribution in [3.63, 3.8) is 0 Å². The van der Waals surface area contributed by atoms with Gasteiger partial charge in [-0.25, -0.2) is 9.37 Å². The van der Waals surface area contributed by atoms with Crippen LogP contribution in [0.5, 0.6) is 0 Å². The molecule has 134 valence electrons. The number of hydrogen-bond acceptors (Lipinski definition) is 6. The fraction of sp³-hybridized carbons (Fsp3) is 0.625. The summed E-state index contributed by atoms with van der Waals surface area (Å²) in [6, 6.07) is -1.03. The number of carbonyl (C=O) groups excluding carboxylic acids is 3. The second kappa shape index (κ2) is 6.05. The number of ketones is 1. The molecule has 0 aromatic rings. The number of fused-ring (bicyclic) bond motifs is 2. The fourth-order valence-corrected chi connectivity index (χ4v) is 3.25. The molecule has 25 heavy (non-hydrogen) atoms. The molecule has 9 heteroatoms. The molecule has 3 aliphatic rings. The maximum absolute atomic E-state index is 13.0. The zero-order valence-corrected chi connectivity index (χ0v) is 15.2. The Morgan fingerprint density at radius 2 is 2.04 bits per heavy atom. The zero-order chi connectivity index (χ0) is 18.5. The van der Waals surface area contributed by atoms with Gasteiger partial charge in [-0.05, 0) is 19.8 Å². The average Bonchev–Trinajstić information content (AvgIpc) is 2.88. The van der Waals surface area contributed by atoms with Crippen molar-refractivity contribution in [3.8, 4) is 0 Å². The van der Waals surface area contributed by atoms with Crippen molar-refractivity contribution in [1.82, 2.24) is 14.8 Å². The molecule has 0 aliphatic carbocycles. The lowest BCUT2D eigenvalue weighted by atomic mass is 10.1. The lowest BCUT2D eigenvalue weighted by Crippen LogP contribution is -2.63. The van der Waals surface area contributed by atoms with Gasteiger partial charge in [-0.3, -0.25) is 19.4 Å². The van der Waals surface area contributed by atoms with Crippen molar-refractivity contribution in [2.45, 2.75) is 33.7 Å². The number of amides is 3. The van der Waals surface area contributed by atoms with E-state index in [9.17, 15) is 14.4 Å². The second-order valence-corrected chi connectivity index (χ2v) is 7.08. The van der Waals surface area contributed by atoms with E-state index in [0.717, 1.165) is 5.71 Å². The highest BCUT2D eigenvalue weighted by Gasteiger charge is 2.54. The van der Waals surface area contributed by atoms with E-state index in [1.165, 1.54) is 21.7 Å². The number of hydrogen-bond donors (Lipinski definition) is 0. The molecule has 3 aliphatic heterocycles. The van der Waals surface area contributed by atoms with E-state index in [0.29, 0.717) is 24.9 Å². The number of aliphatic imine (C=N–C) groups is 1. The van der Waals surface area contributed by atoms with Crippen LogP contribution in [0.15, 0.2) is 10.1 Å². The van der Waals surface area contributed by atoms with Crippen LogP contribution in [0.1, 0.15) is 27.7 Å². The summed E-state index contributed by atoms with van der Waals surface area (Å²) in [7, 11) is 1.62. The molecule has 1 atom stereocenters. The number of hydrazone groups is 1. The van der Waals surface area contributed by atoms with Crippen LogP contribution in [0.4, 0.5) is 4.79 Å². The zero-order valence-electron chi connectivity index (χ0n) is 15.2. The number of nitrogens with zero attached hydrogens (tertiary/aromatic N) is 6. The molecule has 9 nitrogen and oxygen atoms in total. The number of guanidine groups is 1. The van der Waals surface area contributed by atoms with E-state index < -0.39 is 6.04 Å². The van der Waals surface area contributed by atoms with Gasteiger partial charge in [0, 0.05) is 13.6 Å². The van der Waals surface area contributed by atoms with Gasteiger partial charge in [0.25, 0.3) is 5.91 Å². The molecule has 3 heterocycles. The third-order valence-electron chi connectivity index (χ3n) is 4.23. The molecule has 0 aromatic heterocycles. The summed E-state index contributed by atoms with van der Waals surface area (Å²) in [5, 5.41) is 5.88. The predicted molar refractivity (Wildman–Crippen MR) is 91.6 cm³/mol. The van der Waals surface area contributed by atoms with Crippen molar-refractivity contribution in [2.75, 3.05) is 26.7 Å². The molecule has 0 saturated carbocycles. The first-order valence-corrected chi connectivity index (χ1v) is 8.33. The molecule has 0 bridgehead atoms. The van der Waals surface area contributed by atoms with E-state index >= 15 is 0 Å². The summed E-state index contributed by atoms with van der Waals surface area (Å²) in [5.74, 6) is 0.674.